The van der Waals surface area contributed by atoms with Gasteiger partial charge in [0.15, 0.2) is 0 Å². The smallest absolute Gasteiger partial charge is 0.310 e. The van der Waals surface area contributed by atoms with Gasteiger partial charge in [0.05, 0.1) is 22.9 Å². The average Bonchev–Trinajstić information content (AvgIpc) is 2.81. The number of fused-ring (bicyclic) bond motifs is 1. The summed E-state index contributed by atoms with van der Waals surface area (Å²) in [6.45, 7) is 6.75. The van der Waals surface area contributed by atoms with E-state index in [1.165, 1.54) is 27.5 Å². The Bertz CT molecular complexity index is 1220. The summed E-state index contributed by atoms with van der Waals surface area (Å²) in [5.74, 6) is -1.23. The molecular formula is C23H31N3O6S. The van der Waals surface area contributed by atoms with Crippen LogP contribution in [-0.2, 0) is 26.6 Å². The van der Waals surface area contributed by atoms with E-state index in [2.05, 4.69) is 0 Å². The molecule has 0 unspecified atom stereocenters. The fourth-order valence-corrected chi connectivity index (χ4v) is 5.77. The number of aromatic nitrogens is 1. The summed E-state index contributed by atoms with van der Waals surface area (Å²) in [5, 5.41) is 0.163. The number of carbonyl (C=O) groups is 2. The van der Waals surface area contributed by atoms with E-state index in [0.29, 0.717) is 38.0 Å². The Morgan fingerprint density at radius 3 is 2.52 bits per heavy atom. The van der Waals surface area contributed by atoms with Crippen molar-refractivity contribution in [1.29, 1.82) is 0 Å². The van der Waals surface area contributed by atoms with Crippen molar-refractivity contribution in [2.45, 2.75) is 38.5 Å². The Morgan fingerprint density at radius 1 is 1.18 bits per heavy atom. The molecule has 0 aliphatic carbocycles. The molecule has 1 aromatic heterocycles. The van der Waals surface area contributed by atoms with Crippen molar-refractivity contribution >= 4 is 32.8 Å². The predicted octanol–water partition coefficient (Wildman–Crippen LogP) is 1.98. The highest BCUT2D eigenvalue weighted by Crippen LogP contribution is 2.23. The molecule has 3 rings (SSSR count). The molecule has 0 saturated carbocycles. The molecule has 1 aliphatic heterocycles. The molecule has 1 aliphatic rings. The number of aryl methyl sites for hydroxylation is 1. The van der Waals surface area contributed by atoms with Crippen LogP contribution < -0.4 is 5.43 Å². The first kappa shape index (κ1) is 24.9. The van der Waals surface area contributed by atoms with Gasteiger partial charge in [-0.05, 0) is 38.0 Å². The van der Waals surface area contributed by atoms with Gasteiger partial charge in [-0.2, -0.15) is 4.31 Å². The maximum absolute atomic E-state index is 13.3. The Labute approximate surface area is 194 Å². The second-order valence-electron chi connectivity index (χ2n) is 8.09. The predicted molar refractivity (Wildman–Crippen MR) is 125 cm³/mol. The molecule has 1 aromatic carbocycles. The second-order valence-corrected chi connectivity index (χ2v) is 10.0. The van der Waals surface area contributed by atoms with Crippen molar-refractivity contribution in [3.8, 4) is 0 Å². The molecule has 1 saturated heterocycles. The van der Waals surface area contributed by atoms with Gasteiger partial charge in [-0.15, -0.1) is 0 Å². The topological polar surface area (TPSA) is 106 Å². The quantitative estimate of drug-likeness (QED) is 0.565. The zero-order valence-electron chi connectivity index (χ0n) is 19.5. The van der Waals surface area contributed by atoms with E-state index in [0.717, 1.165) is 0 Å². The fourth-order valence-electron chi connectivity index (χ4n) is 4.28. The summed E-state index contributed by atoms with van der Waals surface area (Å²) >= 11 is 0. The number of piperidine rings is 1. The molecule has 0 spiro atoms. The number of pyridine rings is 1. The van der Waals surface area contributed by atoms with Crippen LogP contribution in [-0.4, -0.2) is 66.9 Å². The zero-order chi connectivity index (χ0) is 24.3. The minimum absolute atomic E-state index is 0.0146. The molecule has 1 fully saturated rings. The molecule has 1 atom stereocenters. The van der Waals surface area contributed by atoms with Gasteiger partial charge in [-0.3, -0.25) is 14.4 Å². The van der Waals surface area contributed by atoms with Crippen LogP contribution in [0.5, 0.6) is 0 Å². The lowest BCUT2D eigenvalue weighted by molar-refractivity contribution is -0.149. The van der Waals surface area contributed by atoms with Gasteiger partial charge in [0, 0.05) is 44.8 Å². The van der Waals surface area contributed by atoms with Crippen molar-refractivity contribution < 1.29 is 22.7 Å². The molecule has 33 heavy (non-hydrogen) atoms. The minimum Gasteiger partial charge on any atom is -0.466 e. The van der Waals surface area contributed by atoms with Crippen molar-refractivity contribution in [3.05, 3.63) is 40.2 Å². The van der Waals surface area contributed by atoms with Crippen molar-refractivity contribution in [1.82, 2.24) is 13.8 Å². The standard InChI is InChI=1S/C23H31N3O6S/c1-5-26(6-2)33(30,31)17-10-11-20-18(13-17)21(27)19(15-24(20)4)22(28)25-12-8-9-16(14-25)23(29)32-7-3/h10-11,13,15-16H,5-9,12,14H2,1-4H3/t16-/m0/s1. The number of benzene rings is 1. The van der Waals surface area contributed by atoms with Gasteiger partial charge < -0.3 is 14.2 Å². The fraction of sp³-hybridized carbons (Fsp3) is 0.522. The Kier molecular flexibility index (Phi) is 7.58. The molecule has 10 heteroatoms. The van der Waals surface area contributed by atoms with Crippen LogP contribution in [0.25, 0.3) is 10.9 Å². The zero-order valence-corrected chi connectivity index (χ0v) is 20.4. The first-order chi connectivity index (χ1) is 15.6. The van der Waals surface area contributed by atoms with Crippen LogP contribution in [0.3, 0.4) is 0 Å². The van der Waals surface area contributed by atoms with Crippen LogP contribution in [0.4, 0.5) is 0 Å². The number of amides is 1. The summed E-state index contributed by atoms with van der Waals surface area (Å²) in [5.41, 5.74) is -0.0482. The molecule has 2 aromatic rings. The highest BCUT2D eigenvalue weighted by molar-refractivity contribution is 7.89. The van der Waals surface area contributed by atoms with Gasteiger partial charge in [-0.1, -0.05) is 13.8 Å². The number of sulfonamides is 1. The minimum atomic E-state index is -3.76. The normalized spacial score (nSPS) is 16.9. The lowest BCUT2D eigenvalue weighted by Gasteiger charge is -2.31. The molecule has 9 nitrogen and oxygen atoms in total. The van der Waals surface area contributed by atoms with E-state index in [1.807, 2.05) is 0 Å². The van der Waals surface area contributed by atoms with Crippen LogP contribution in [0.2, 0.25) is 0 Å². The number of hydrogen-bond donors (Lipinski definition) is 0. The average molecular weight is 478 g/mol. The maximum atomic E-state index is 13.3. The van der Waals surface area contributed by atoms with E-state index in [1.54, 1.807) is 38.5 Å². The van der Waals surface area contributed by atoms with Crippen molar-refractivity contribution in [3.63, 3.8) is 0 Å². The van der Waals surface area contributed by atoms with Crippen molar-refractivity contribution in [2.24, 2.45) is 13.0 Å². The Morgan fingerprint density at radius 2 is 1.88 bits per heavy atom. The number of esters is 1. The third kappa shape index (κ3) is 4.81. The largest absolute Gasteiger partial charge is 0.466 e. The summed E-state index contributed by atoms with van der Waals surface area (Å²) in [6.07, 6.45) is 2.74. The van der Waals surface area contributed by atoms with Crippen molar-refractivity contribution in [2.75, 3.05) is 32.8 Å². The van der Waals surface area contributed by atoms with Gasteiger partial charge in [0.2, 0.25) is 15.5 Å². The summed E-state index contributed by atoms with van der Waals surface area (Å²) < 4.78 is 34.0. The van der Waals surface area contributed by atoms with Gasteiger partial charge in [0.25, 0.3) is 5.91 Å². The van der Waals surface area contributed by atoms with E-state index >= 15 is 0 Å². The van der Waals surface area contributed by atoms with Gasteiger partial charge in [0.1, 0.15) is 5.56 Å². The maximum Gasteiger partial charge on any atom is 0.310 e. The third-order valence-corrected chi connectivity index (χ3v) is 8.11. The van der Waals surface area contributed by atoms with Crippen LogP contribution in [0.1, 0.15) is 44.0 Å². The van der Waals surface area contributed by atoms with Gasteiger partial charge in [-0.25, -0.2) is 8.42 Å². The van der Waals surface area contributed by atoms with E-state index in [9.17, 15) is 22.8 Å². The summed E-state index contributed by atoms with van der Waals surface area (Å²) in [7, 11) is -2.06. The van der Waals surface area contributed by atoms with Crippen LogP contribution >= 0.6 is 0 Å². The molecule has 2 heterocycles. The van der Waals surface area contributed by atoms with E-state index in [-0.39, 0.29) is 35.0 Å². The third-order valence-electron chi connectivity index (χ3n) is 6.06. The summed E-state index contributed by atoms with van der Waals surface area (Å²) in [4.78, 5) is 40.2. The second kappa shape index (κ2) is 10.0. The van der Waals surface area contributed by atoms with E-state index < -0.39 is 27.3 Å². The molecule has 0 bridgehead atoms. The molecule has 1 amide bonds. The van der Waals surface area contributed by atoms with E-state index in [4.69, 9.17) is 4.74 Å². The van der Waals surface area contributed by atoms with Gasteiger partial charge >= 0.3 is 5.97 Å². The lowest BCUT2D eigenvalue weighted by Crippen LogP contribution is -2.44. The highest BCUT2D eigenvalue weighted by atomic mass is 32.2. The number of rotatable bonds is 7. The Balaban J connectivity index is 2.02. The molecule has 0 radical (unpaired) electrons. The number of likely N-dealkylation sites (tertiary alicyclic amines) is 1. The molecular weight excluding hydrogens is 446 g/mol. The molecule has 0 N–H and O–H groups in total. The number of hydrogen-bond acceptors (Lipinski definition) is 6. The Hall–Kier alpha value is -2.72. The number of nitrogens with zero attached hydrogens (tertiary/aromatic N) is 3. The SMILES string of the molecule is CCOC(=O)[C@H]1CCCN(C(=O)c2cn(C)c3ccc(S(=O)(=O)N(CC)CC)cc3c2=O)C1. The monoisotopic (exact) mass is 477 g/mol. The summed E-state index contributed by atoms with van der Waals surface area (Å²) in [6, 6.07) is 4.41. The highest BCUT2D eigenvalue weighted by Gasteiger charge is 2.31. The lowest BCUT2D eigenvalue weighted by atomic mass is 9.97. The first-order valence-corrected chi connectivity index (χ1v) is 12.7. The number of carbonyl (C=O) groups excluding carboxylic acids is 2. The first-order valence-electron chi connectivity index (χ1n) is 11.2. The molecule has 180 valence electrons. The number of ether oxygens (including phenoxy) is 1. The van der Waals surface area contributed by atoms with Crippen LogP contribution in [0.15, 0.2) is 34.1 Å². The van der Waals surface area contributed by atoms with Crippen LogP contribution in [0, 0.1) is 5.92 Å².